The van der Waals surface area contributed by atoms with Crippen LogP contribution in [0, 0.1) is 0 Å². The quantitative estimate of drug-likeness (QED) is 0.168. The van der Waals surface area contributed by atoms with E-state index in [2.05, 4.69) is 205 Å². The molecule has 2 aliphatic rings. The maximum Gasteiger partial charge on any atom is 0.180 e. The molecule has 3 heteroatoms. The third kappa shape index (κ3) is 4.51. The van der Waals surface area contributed by atoms with Gasteiger partial charge in [-0.2, -0.15) is 0 Å². The number of anilines is 3. The Morgan fingerprint density at radius 3 is 1.77 bits per heavy atom. The highest BCUT2D eigenvalue weighted by atomic mass is 32.2. The van der Waals surface area contributed by atoms with E-state index in [0.717, 1.165) is 0 Å². The average Bonchev–Trinajstić information content (AvgIpc) is 3.53. The second kappa shape index (κ2) is 12.0. The van der Waals surface area contributed by atoms with E-state index in [4.69, 9.17) is 0 Å². The minimum absolute atomic E-state index is 1.20. The van der Waals surface area contributed by atoms with E-state index in [1.807, 2.05) is 11.8 Å². The average molecular weight is 708 g/mol. The van der Waals surface area contributed by atoms with Crippen LogP contribution >= 0.6 is 11.8 Å². The van der Waals surface area contributed by atoms with Crippen molar-refractivity contribution in [1.82, 2.24) is 0 Å². The molecule has 0 radical (unpaired) electrons. The number of nitrogens with zero attached hydrogens (tertiary/aromatic N) is 1. The van der Waals surface area contributed by atoms with Crippen LogP contribution in [0.1, 0.15) is 0 Å². The summed E-state index contributed by atoms with van der Waals surface area (Å²) in [4.78, 5) is 5.07. The molecule has 0 saturated carbocycles. The SMILES string of the molecule is c1ccc([Si]2(c3ccccc3)c3ccccc3-c3cc(-c4ccc5c(c4)N(c4cccc6ccccc46)c4ccc6ccccc6c4S5)ccc32)cc1. The molecule has 0 amide bonds. The third-order valence-electron chi connectivity index (χ3n) is 11.3. The van der Waals surface area contributed by atoms with Crippen molar-refractivity contribution >= 4 is 79.2 Å². The van der Waals surface area contributed by atoms with Gasteiger partial charge in [-0.1, -0.05) is 182 Å². The molecule has 0 spiro atoms. The molecule has 0 unspecified atom stereocenters. The van der Waals surface area contributed by atoms with Gasteiger partial charge < -0.3 is 4.90 Å². The number of fused-ring (bicyclic) bond motifs is 8. The van der Waals surface area contributed by atoms with Gasteiger partial charge in [-0.05, 0) is 89.5 Å². The summed E-state index contributed by atoms with van der Waals surface area (Å²) in [7, 11) is -2.53. The fourth-order valence-corrected chi connectivity index (χ4v) is 15.3. The molecular weight excluding hydrogens is 675 g/mol. The molecule has 9 aromatic carbocycles. The summed E-state index contributed by atoms with van der Waals surface area (Å²) in [6.45, 7) is 0. The van der Waals surface area contributed by atoms with Gasteiger partial charge >= 0.3 is 0 Å². The fourth-order valence-electron chi connectivity index (χ4n) is 9.00. The second-order valence-electron chi connectivity index (χ2n) is 14.0. The van der Waals surface area contributed by atoms with Gasteiger partial charge in [0.2, 0.25) is 0 Å². The first-order valence-corrected chi connectivity index (χ1v) is 21.1. The number of rotatable bonds is 4. The van der Waals surface area contributed by atoms with Crippen LogP contribution in [0.25, 0.3) is 43.8 Å². The smallest absolute Gasteiger partial charge is 0.180 e. The van der Waals surface area contributed by atoms with E-state index in [1.54, 1.807) is 0 Å². The minimum atomic E-state index is -2.53. The van der Waals surface area contributed by atoms with E-state index in [-0.39, 0.29) is 0 Å². The maximum atomic E-state index is 2.50. The van der Waals surface area contributed by atoms with Crippen LogP contribution < -0.4 is 25.6 Å². The van der Waals surface area contributed by atoms with Crippen molar-refractivity contribution in [2.24, 2.45) is 0 Å². The van der Waals surface area contributed by atoms with Crippen molar-refractivity contribution in [2.75, 3.05) is 4.90 Å². The van der Waals surface area contributed by atoms with Gasteiger partial charge in [0, 0.05) is 15.2 Å². The first-order valence-electron chi connectivity index (χ1n) is 18.3. The zero-order valence-corrected chi connectivity index (χ0v) is 30.7. The minimum Gasteiger partial charge on any atom is -0.308 e. The Bertz CT molecular complexity index is 2840. The molecule has 248 valence electrons. The Balaban J connectivity index is 1.12. The van der Waals surface area contributed by atoms with Crippen LogP contribution in [0.5, 0.6) is 0 Å². The zero-order chi connectivity index (χ0) is 34.9. The molecule has 2 heterocycles. The lowest BCUT2D eigenvalue weighted by Gasteiger charge is -2.34. The molecule has 0 N–H and O–H groups in total. The summed E-state index contributed by atoms with van der Waals surface area (Å²) in [5, 5.41) is 10.8. The molecule has 1 nitrogen and oxygen atoms in total. The highest BCUT2D eigenvalue weighted by Gasteiger charge is 2.48. The van der Waals surface area contributed by atoms with E-state index in [1.165, 1.54) is 91.4 Å². The van der Waals surface area contributed by atoms with E-state index < -0.39 is 8.07 Å². The molecule has 11 rings (SSSR count). The van der Waals surface area contributed by atoms with Gasteiger partial charge in [-0.15, -0.1) is 0 Å². The molecule has 53 heavy (non-hydrogen) atoms. The summed E-state index contributed by atoms with van der Waals surface area (Å²) in [5.41, 5.74) is 8.80. The highest BCUT2D eigenvalue weighted by molar-refractivity contribution is 8.00. The normalized spacial score (nSPS) is 13.7. The fraction of sp³-hybridized carbons (Fsp3) is 0. The second-order valence-corrected chi connectivity index (χ2v) is 18.8. The van der Waals surface area contributed by atoms with Gasteiger partial charge in [0.05, 0.1) is 17.1 Å². The summed E-state index contributed by atoms with van der Waals surface area (Å²) < 4.78 is 0. The van der Waals surface area contributed by atoms with Crippen LogP contribution in [-0.4, -0.2) is 8.07 Å². The standard InChI is InChI=1S/C50H33NSSi/c1-3-17-38(18-4-1)53(39-19-5-2-6-20-39)48-25-12-11-23-42(48)43-32-36(28-31-49(43)53)37-27-30-47-46(33-37)51(44-24-13-16-34-14-7-9-21-40(34)44)45-29-26-35-15-8-10-22-41(35)50(45)52-47/h1-33H. The first-order chi connectivity index (χ1) is 26.3. The lowest BCUT2D eigenvalue weighted by atomic mass is 9.98. The molecule has 0 fully saturated rings. The Labute approximate surface area is 314 Å². The Kier molecular flexibility index (Phi) is 6.88. The van der Waals surface area contributed by atoms with Crippen LogP contribution in [0.3, 0.4) is 0 Å². The summed E-state index contributed by atoms with van der Waals surface area (Å²) in [5.74, 6) is 0. The van der Waals surface area contributed by atoms with Crippen LogP contribution in [0.2, 0.25) is 0 Å². The lowest BCUT2D eigenvalue weighted by molar-refractivity contribution is 1.19. The topological polar surface area (TPSA) is 3.24 Å². The summed E-state index contributed by atoms with van der Waals surface area (Å²) in [6, 6.07) is 74.8. The number of hydrogen-bond donors (Lipinski definition) is 0. The molecule has 0 atom stereocenters. The van der Waals surface area contributed by atoms with Gasteiger partial charge in [-0.25, -0.2) is 0 Å². The van der Waals surface area contributed by atoms with Crippen LogP contribution in [-0.2, 0) is 0 Å². The van der Waals surface area contributed by atoms with E-state index in [9.17, 15) is 0 Å². The van der Waals surface area contributed by atoms with Crippen molar-refractivity contribution in [3.05, 3.63) is 200 Å². The maximum absolute atomic E-state index is 2.53. The van der Waals surface area contributed by atoms with Crippen molar-refractivity contribution < 1.29 is 0 Å². The zero-order valence-electron chi connectivity index (χ0n) is 28.9. The summed E-state index contributed by atoms with van der Waals surface area (Å²) >= 11 is 1.89. The summed E-state index contributed by atoms with van der Waals surface area (Å²) in [6.07, 6.45) is 0. The molecule has 0 bridgehead atoms. The highest BCUT2D eigenvalue weighted by Crippen LogP contribution is 2.55. The van der Waals surface area contributed by atoms with Gasteiger partial charge in [-0.3, -0.25) is 0 Å². The molecule has 0 saturated heterocycles. The van der Waals surface area contributed by atoms with Gasteiger partial charge in [0.1, 0.15) is 0 Å². The molecule has 9 aromatic rings. The third-order valence-corrected chi connectivity index (χ3v) is 17.4. The Hall–Kier alpha value is -6.13. The Morgan fingerprint density at radius 2 is 0.981 bits per heavy atom. The molecule has 0 aliphatic carbocycles. The van der Waals surface area contributed by atoms with Crippen molar-refractivity contribution in [2.45, 2.75) is 9.79 Å². The molecular formula is C50H33NSSi. The van der Waals surface area contributed by atoms with Gasteiger partial charge in [0.15, 0.2) is 8.07 Å². The van der Waals surface area contributed by atoms with Crippen molar-refractivity contribution in [3.63, 3.8) is 0 Å². The largest absolute Gasteiger partial charge is 0.308 e. The first kappa shape index (κ1) is 30.5. The molecule has 2 aliphatic heterocycles. The lowest BCUT2D eigenvalue weighted by Crippen LogP contribution is -2.72. The van der Waals surface area contributed by atoms with Crippen molar-refractivity contribution in [1.29, 1.82) is 0 Å². The van der Waals surface area contributed by atoms with Crippen molar-refractivity contribution in [3.8, 4) is 22.3 Å². The predicted octanol–water partition coefficient (Wildman–Crippen LogP) is 11.0. The van der Waals surface area contributed by atoms with Gasteiger partial charge in [0.25, 0.3) is 0 Å². The predicted molar refractivity (Wildman–Crippen MR) is 228 cm³/mol. The van der Waals surface area contributed by atoms with Crippen LogP contribution in [0.4, 0.5) is 17.1 Å². The number of benzene rings is 9. The van der Waals surface area contributed by atoms with E-state index in [0.29, 0.717) is 0 Å². The van der Waals surface area contributed by atoms with Crippen LogP contribution in [0.15, 0.2) is 210 Å². The number of hydrogen-bond acceptors (Lipinski definition) is 2. The monoisotopic (exact) mass is 707 g/mol. The van der Waals surface area contributed by atoms with E-state index >= 15 is 0 Å². The Morgan fingerprint density at radius 1 is 0.377 bits per heavy atom. The molecule has 0 aromatic heterocycles.